The predicted octanol–water partition coefficient (Wildman–Crippen LogP) is 3.89. The lowest BCUT2D eigenvalue weighted by atomic mass is 9.98. The van der Waals surface area contributed by atoms with Gasteiger partial charge < -0.3 is 19.5 Å². The van der Waals surface area contributed by atoms with E-state index in [0.29, 0.717) is 18.0 Å². The van der Waals surface area contributed by atoms with Gasteiger partial charge in [0.1, 0.15) is 11.5 Å². The lowest BCUT2D eigenvalue weighted by Gasteiger charge is -2.14. The zero-order chi connectivity index (χ0) is 20.9. The van der Waals surface area contributed by atoms with E-state index in [1.54, 1.807) is 19.4 Å². The van der Waals surface area contributed by atoms with E-state index in [2.05, 4.69) is 35.4 Å². The molecule has 156 valence electrons. The summed E-state index contributed by atoms with van der Waals surface area (Å²) in [5, 5.41) is 3.93. The Hall–Kier alpha value is -3.12. The fraction of sp³-hybridized carbons (Fsp3) is 0.333. The number of benzene rings is 2. The van der Waals surface area contributed by atoms with Crippen molar-refractivity contribution in [1.29, 1.82) is 0 Å². The van der Waals surface area contributed by atoms with E-state index >= 15 is 0 Å². The Morgan fingerprint density at radius 2 is 2.10 bits per heavy atom. The molecule has 1 N–H and O–H groups in total. The van der Waals surface area contributed by atoms with Crippen molar-refractivity contribution in [3.63, 3.8) is 0 Å². The molecular formula is C24H26N2O4. The number of amides is 1. The van der Waals surface area contributed by atoms with Gasteiger partial charge in [-0.3, -0.25) is 9.78 Å². The molecule has 30 heavy (non-hydrogen) atoms. The molecule has 4 rings (SSSR count). The summed E-state index contributed by atoms with van der Waals surface area (Å²) in [5.41, 5.74) is 4.07. The lowest BCUT2D eigenvalue weighted by molar-refractivity contribution is -0.123. The van der Waals surface area contributed by atoms with Crippen LogP contribution >= 0.6 is 0 Å². The van der Waals surface area contributed by atoms with Crippen LogP contribution in [-0.4, -0.2) is 43.9 Å². The summed E-state index contributed by atoms with van der Waals surface area (Å²) in [6.07, 6.45) is 3.95. The van der Waals surface area contributed by atoms with E-state index in [4.69, 9.17) is 14.2 Å². The van der Waals surface area contributed by atoms with Crippen molar-refractivity contribution in [3.05, 3.63) is 54.2 Å². The fourth-order valence-electron chi connectivity index (χ4n) is 3.73. The normalized spacial score (nSPS) is 15.9. The number of nitrogens with zero attached hydrogens (tertiary/aromatic N) is 1. The largest absolute Gasteiger partial charge is 0.497 e. The van der Waals surface area contributed by atoms with Crippen LogP contribution in [0.1, 0.15) is 18.4 Å². The van der Waals surface area contributed by atoms with E-state index in [-0.39, 0.29) is 18.6 Å². The number of hydrogen-bond donors (Lipinski definition) is 1. The van der Waals surface area contributed by atoms with Crippen molar-refractivity contribution in [2.45, 2.75) is 25.9 Å². The van der Waals surface area contributed by atoms with Crippen LogP contribution in [0.25, 0.3) is 22.0 Å². The van der Waals surface area contributed by atoms with Crippen molar-refractivity contribution >= 4 is 16.8 Å². The van der Waals surface area contributed by atoms with E-state index < -0.39 is 0 Å². The van der Waals surface area contributed by atoms with Gasteiger partial charge in [-0.15, -0.1) is 0 Å². The van der Waals surface area contributed by atoms with Gasteiger partial charge in [0, 0.05) is 30.8 Å². The number of rotatable bonds is 7. The Morgan fingerprint density at radius 1 is 1.23 bits per heavy atom. The van der Waals surface area contributed by atoms with Crippen LogP contribution in [0.3, 0.4) is 0 Å². The molecule has 6 heteroatoms. The summed E-state index contributed by atoms with van der Waals surface area (Å²) < 4.78 is 16.8. The van der Waals surface area contributed by atoms with E-state index in [1.807, 2.05) is 18.2 Å². The first-order valence-electron chi connectivity index (χ1n) is 10.2. The summed E-state index contributed by atoms with van der Waals surface area (Å²) >= 11 is 0. The van der Waals surface area contributed by atoms with Crippen LogP contribution in [0.4, 0.5) is 0 Å². The number of carbonyl (C=O) groups excluding carboxylic acids is 1. The molecule has 1 saturated heterocycles. The third-order valence-corrected chi connectivity index (χ3v) is 5.32. The van der Waals surface area contributed by atoms with Crippen molar-refractivity contribution in [2.75, 3.05) is 26.9 Å². The first-order chi connectivity index (χ1) is 14.6. The van der Waals surface area contributed by atoms with Crippen LogP contribution < -0.4 is 14.8 Å². The van der Waals surface area contributed by atoms with Crippen LogP contribution in [0, 0.1) is 6.92 Å². The van der Waals surface area contributed by atoms with Gasteiger partial charge in [0.2, 0.25) is 0 Å². The van der Waals surface area contributed by atoms with Crippen LogP contribution in [0.2, 0.25) is 0 Å². The van der Waals surface area contributed by atoms with E-state index in [9.17, 15) is 4.79 Å². The molecule has 0 spiro atoms. The molecule has 1 aromatic heterocycles. The minimum Gasteiger partial charge on any atom is -0.497 e. The molecule has 0 bridgehead atoms. The van der Waals surface area contributed by atoms with Crippen LogP contribution in [0.5, 0.6) is 11.5 Å². The lowest BCUT2D eigenvalue weighted by Crippen LogP contribution is -2.35. The molecule has 1 amide bonds. The zero-order valence-electron chi connectivity index (χ0n) is 17.3. The SMILES string of the molecule is COc1cc(OCC(=O)NCC2CCCO2)cc(-c2ccc(C)c3ncccc23)c1. The first-order valence-corrected chi connectivity index (χ1v) is 10.2. The van der Waals surface area contributed by atoms with Gasteiger partial charge in [-0.2, -0.15) is 0 Å². The Morgan fingerprint density at radius 3 is 2.90 bits per heavy atom. The van der Waals surface area contributed by atoms with Crippen molar-refractivity contribution in [3.8, 4) is 22.6 Å². The molecule has 1 aliphatic heterocycles. The molecule has 1 atom stereocenters. The van der Waals surface area contributed by atoms with Gasteiger partial charge in [0.15, 0.2) is 6.61 Å². The average molecular weight is 406 g/mol. The molecule has 0 radical (unpaired) electrons. The Kier molecular flexibility index (Phi) is 6.14. The first kappa shape index (κ1) is 20.2. The zero-order valence-corrected chi connectivity index (χ0v) is 17.3. The standard InChI is InChI=1S/C24H26N2O4/c1-16-7-8-21(22-6-3-9-25-24(16)22)17-11-19(28-2)13-20(12-17)30-15-23(27)26-14-18-5-4-10-29-18/h3,6-9,11-13,18H,4-5,10,14-15H2,1-2H3,(H,26,27). The number of hydrogen-bond acceptors (Lipinski definition) is 5. The van der Waals surface area contributed by atoms with Crippen LogP contribution in [-0.2, 0) is 9.53 Å². The fourth-order valence-corrected chi connectivity index (χ4v) is 3.73. The van der Waals surface area contributed by atoms with Crippen molar-refractivity contribution in [1.82, 2.24) is 10.3 Å². The topological polar surface area (TPSA) is 69.7 Å². The smallest absolute Gasteiger partial charge is 0.258 e. The maximum atomic E-state index is 12.2. The highest BCUT2D eigenvalue weighted by molar-refractivity contribution is 5.96. The number of aryl methyl sites for hydroxylation is 1. The van der Waals surface area contributed by atoms with Crippen molar-refractivity contribution in [2.24, 2.45) is 0 Å². The second kappa shape index (κ2) is 9.13. The van der Waals surface area contributed by atoms with Gasteiger partial charge >= 0.3 is 0 Å². The third-order valence-electron chi connectivity index (χ3n) is 5.32. The molecule has 6 nitrogen and oxygen atoms in total. The summed E-state index contributed by atoms with van der Waals surface area (Å²) in [6, 6.07) is 13.8. The Bertz CT molecular complexity index is 1040. The Labute approximate surface area is 176 Å². The predicted molar refractivity (Wildman–Crippen MR) is 116 cm³/mol. The molecule has 3 aromatic rings. The molecular weight excluding hydrogens is 380 g/mol. The minimum absolute atomic E-state index is 0.0600. The number of methoxy groups -OCH3 is 1. The second-order valence-electron chi connectivity index (χ2n) is 7.45. The average Bonchev–Trinajstić information content (AvgIpc) is 3.30. The molecule has 2 heterocycles. The van der Waals surface area contributed by atoms with E-state index in [1.165, 1.54) is 0 Å². The van der Waals surface area contributed by atoms with Gasteiger partial charge in [-0.1, -0.05) is 18.2 Å². The summed E-state index contributed by atoms with van der Waals surface area (Å²) in [4.78, 5) is 16.7. The number of nitrogens with one attached hydrogen (secondary N) is 1. The molecule has 1 aliphatic rings. The van der Waals surface area contributed by atoms with Crippen molar-refractivity contribution < 1.29 is 19.0 Å². The number of fused-ring (bicyclic) bond motifs is 1. The highest BCUT2D eigenvalue weighted by Gasteiger charge is 2.16. The molecule has 0 aliphatic carbocycles. The third kappa shape index (κ3) is 4.54. The second-order valence-corrected chi connectivity index (χ2v) is 7.45. The molecule has 0 saturated carbocycles. The highest BCUT2D eigenvalue weighted by atomic mass is 16.5. The molecule has 2 aromatic carbocycles. The highest BCUT2D eigenvalue weighted by Crippen LogP contribution is 2.34. The van der Waals surface area contributed by atoms with Crippen LogP contribution in [0.15, 0.2) is 48.7 Å². The van der Waals surface area contributed by atoms with Gasteiger partial charge in [0.05, 0.1) is 18.7 Å². The summed E-state index contributed by atoms with van der Waals surface area (Å²) in [7, 11) is 1.62. The number of pyridine rings is 1. The Balaban J connectivity index is 1.53. The number of carbonyl (C=O) groups is 1. The number of aromatic nitrogens is 1. The maximum absolute atomic E-state index is 12.2. The van der Waals surface area contributed by atoms with Gasteiger partial charge in [-0.05, 0) is 54.7 Å². The summed E-state index contributed by atoms with van der Waals surface area (Å²) in [6.45, 7) is 3.28. The van der Waals surface area contributed by atoms with E-state index in [0.717, 1.165) is 47.0 Å². The van der Waals surface area contributed by atoms with Gasteiger partial charge in [-0.25, -0.2) is 0 Å². The van der Waals surface area contributed by atoms with Gasteiger partial charge in [0.25, 0.3) is 5.91 Å². The molecule has 1 fully saturated rings. The summed E-state index contributed by atoms with van der Waals surface area (Å²) in [5.74, 6) is 1.08. The minimum atomic E-state index is -0.167. The maximum Gasteiger partial charge on any atom is 0.258 e. The number of ether oxygens (including phenoxy) is 3. The quantitative estimate of drug-likeness (QED) is 0.645. The monoisotopic (exact) mass is 406 g/mol. The molecule has 1 unspecified atom stereocenters.